The van der Waals surface area contributed by atoms with E-state index in [4.69, 9.17) is 4.42 Å². The lowest BCUT2D eigenvalue weighted by Gasteiger charge is -2.16. The van der Waals surface area contributed by atoms with Crippen LogP contribution in [0.1, 0.15) is 0 Å². The van der Waals surface area contributed by atoms with Crippen LogP contribution in [0.5, 0.6) is 0 Å². The summed E-state index contributed by atoms with van der Waals surface area (Å²) in [6, 6.07) is 8.38. The Hall–Kier alpha value is -0.803. The summed E-state index contributed by atoms with van der Waals surface area (Å²) in [6.45, 7) is 4.63. The fraction of sp³-hybridized carbons (Fsp3) is 0.200. The maximum absolute atomic E-state index is 5.49. The van der Waals surface area contributed by atoms with Gasteiger partial charge in [0.2, 0.25) is 0 Å². The van der Waals surface area contributed by atoms with Gasteiger partial charge in [0, 0.05) is 0 Å². The second-order valence-electron chi connectivity index (χ2n) is 3.58. The third kappa shape index (κ3) is 1.49. The molecule has 2 heterocycles. The molecule has 2 aromatic heterocycles. The van der Waals surface area contributed by atoms with Gasteiger partial charge in [-0.25, -0.2) is 0 Å². The molecule has 1 nitrogen and oxygen atoms in total. The quantitative estimate of drug-likeness (QED) is 0.689. The van der Waals surface area contributed by atoms with Crippen LogP contribution >= 0.6 is 11.3 Å². The summed E-state index contributed by atoms with van der Waals surface area (Å²) in [7, 11) is -1.50. The van der Waals surface area contributed by atoms with Crippen molar-refractivity contribution in [2.45, 2.75) is 13.1 Å². The summed E-state index contributed by atoms with van der Waals surface area (Å²) >= 11 is 1.83. The van der Waals surface area contributed by atoms with Crippen LogP contribution in [0.2, 0.25) is 13.1 Å². The van der Waals surface area contributed by atoms with Crippen molar-refractivity contribution < 1.29 is 4.42 Å². The minimum atomic E-state index is -1.50. The molecule has 3 heteroatoms. The van der Waals surface area contributed by atoms with E-state index >= 15 is 0 Å². The van der Waals surface area contributed by atoms with Gasteiger partial charge in [-0.3, -0.25) is 0 Å². The summed E-state index contributed by atoms with van der Waals surface area (Å²) in [5, 5.41) is 3.29. The van der Waals surface area contributed by atoms with E-state index in [-0.39, 0.29) is 0 Å². The van der Waals surface area contributed by atoms with E-state index in [0.29, 0.717) is 0 Å². The average molecular weight is 208 g/mol. The molecule has 0 fully saturated rings. The van der Waals surface area contributed by atoms with Gasteiger partial charge in [0.15, 0.2) is 8.07 Å². The van der Waals surface area contributed by atoms with E-state index in [2.05, 4.69) is 36.7 Å². The highest BCUT2D eigenvalue weighted by Gasteiger charge is 2.29. The van der Waals surface area contributed by atoms with Gasteiger partial charge in [-0.1, -0.05) is 25.2 Å². The van der Waals surface area contributed by atoms with Gasteiger partial charge in [0.25, 0.3) is 0 Å². The number of thiophene rings is 1. The Morgan fingerprint density at radius 1 is 1.23 bits per heavy atom. The lowest BCUT2D eigenvalue weighted by Crippen LogP contribution is -2.50. The van der Waals surface area contributed by atoms with Crippen molar-refractivity contribution in [1.29, 1.82) is 0 Å². The van der Waals surface area contributed by atoms with Crippen molar-refractivity contribution in [3.05, 3.63) is 35.9 Å². The molecule has 68 valence electrons. The summed E-state index contributed by atoms with van der Waals surface area (Å²) in [4.78, 5) is 0. The van der Waals surface area contributed by atoms with Crippen LogP contribution in [-0.4, -0.2) is 8.07 Å². The highest BCUT2D eigenvalue weighted by Crippen LogP contribution is 2.08. The summed E-state index contributed by atoms with van der Waals surface area (Å²) in [5.74, 6) is 0. The molecule has 0 radical (unpaired) electrons. The molecule has 0 bridgehead atoms. The molecule has 0 unspecified atom stereocenters. The van der Waals surface area contributed by atoms with Crippen LogP contribution in [-0.2, 0) is 0 Å². The van der Waals surface area contributed by atoms with Crippen LogP contribution in [0.15, 0.2) is 40.3 Å². The van der Waals surface area contributed by atoms with E-state index in [1.54, 1.807) is 6.26 Å². The number of furan rings is 1. The Balaban J connectivity index is 2.42. The van der Waals surface area contributed by atoms with Gasteiger partial charge in [-0.05, 0) is 22.0 Å². The Morgan fingerprint density at radius 3 is 2.62 bits per heavy atom. The number of hydrogen-bond donors (Lipinski definition) is 0. The predicted molar refractivity (Wildman–Crippen MR) is 59.8 cm³/mol. The molecule has 0 aliphatic carbocycles. The third-order valence-corrected chi connectivity index (χ3v) is 7.76. The molecule has 0 aromatic carbocycles. The molecule has 0 N–H and O–H groups in total. The van der Waals surface area contributed by atoms with Crippen LogP contribution < -0.4 is 9.88 Å². The fourth-order valence-corrected chi connectivity index (χ4v) is 5.17. The zero-order chi connectivity index (χ0) is 9.31. The highest BCUT2D eigenvalue weighted by atomic mass is 32.1. The normalized spacial score (nSPS) is 11.8. The maximum atomic E-state index is 5.49. The van der Waals surface area contributed by atoms with Crippen LogP contribution in [0.25, 0.3) is 0 Å². The topological polar surface area (TPSA) is 13.1 Å². The number of rotatable bonds is 2. The highest BCUT2D eigenvalue weighted by molar-refractivity contribution is 7.27. The SMILES string of the molecule is C[Si](C)(c1ccco1)c1cccs1. The molecule has 0 amide bonds. The van der Waals surface area contributed by atoms with Gasteiger partial charge < -0.3 is 4.42 Å². The summed E-state index contributed by atoms with van der Waals surface area (Å²) in [5.41, 5.74) is 0. The second-order valence-corrected chi connectivity index (χ2v) is 9.17. The predicted octanol–water partition coefficient (Wildman–Crippen LogP) is 2.16. The first-order chi connectivity index (χ1) is 6.21. The zero-order valence-corrected chi connectivity index (χ0v) is 9.60. The van der Waals surface area contributed by atoms with Gasteiger partial charge in [0.05, 0.1) is 11.6 Å². The van der Waals surface area contributed by atoms with Crippen molar-refractivity contribution in [2.75, 3.05) is 0 Å². The van der Waals surface area contributed by atoms with Crippen molar-refractivity contribution in [1.82, 2.24) is 0 Å². The van der Waals surface area contributed by atoms with E-state index in [1.807, 2.05) is 17.4 Å². The van der Waals surface area contributed by atoms with Gasteiger partial charge in [-0.2, -0.15) is 11.3 Å². The van der Waals surface area contributed by atoms with E-state index in [1.165, 1.54) is 4.50 Å². The van der Waals surface area contributed by atoms with Gasteiger partial charge in [0.1, 0.15) is 0 Å². The Labute approximate surface area is 83.0 Å². The first-order valence-electron chi connectivity index (χ1n) is 4.29. The van der Waals surface area contributed by atoms with Crippen molar-refractivity contribution in [2.24, 2.45) is 0 Å². The maximum Gasteiger partial charge on any atom is 0.169 e. The Bertz CT molecular complexity index is 325. The molecule has 0 aliphatic rings. The summed E-state index contributed by atoms with van der Waals surface area (Å²) in [6.07, 6.45) is 1.76. The van der Waals surface area contributed by atoms with E-state index in [9.17, 15) is 0 Å². The second kappa shape index (κ2) is 3.16. The molecule has 13 heavy (non-hydrogen) atoms. The largest absolute Gasteiger partial charge is 0.474 e. The monoisotopic (exact) mass is 208 g/mol. The zero-order valence-electron chi connectivity index (χ0n) is 7.78. The lowest BCUT2D eigenvalue weighted by molar-refractivity contribution is 0.598. The third-order valence-electron chi connectivity index (χ3n) is 2.27. The smallest absolute Gasteiger partial charge is 0.169 e. The van der Waals surface area contributed by atoms with E-state index < -0.39 is 8.07 Å². The standard InChI is InChI=1S/C10H12OSSi/c1-13(2,9-5-3-7-11-9)10-6-4-8-12-10/h3-8H,1-2H3. The average Bonchev–Trinajstić information content (AvgIpc) is 2.78. The fourth-order valence-electron chi connectivity index (χ4n) is 1.39. The molecular weight excluding hydrogens is 196 g/mol. The molecular formula is C10H12OSSi. The van der Waals surface area contributed by atoms with Crippen molar-refractivity contribution in [3.8, 4) is 0 Å². The molecule has 2 rings (SSSR count). The molecule has 0 saturated heterocycles. The first-order valence-corrected chi connectivity index (χ1v) is 8.17. The minimum absolute atomic E-state index is 1.16. The summed E-state index contributed by atoms with van der Waals surface area (Å²) < 4.78 is 6.96. The minimum Gasteiger partial charge on any atom is -0.474 e. The number of hydrogen-bond acceptors (Lipinski definition) is 2. The van der Waals surface area contributed by atoms with E-state index in [0.717, 1.165) is 5.38 Å². The molecule has 0 saturated carbocycles. The van der Waals surface area contributed by atoms with Gasteiger partial charge in [-0.15, -0.1) is 0 Å². The molecule has 0 spiro atoms. The van der Waals surface area contributed by atoms with Crippen LogP contribution in [0.4, 0.5) is 0 Å². The molecule has 0 aliphatic heterocycles. The van der Waals surface area contributed by atoms with Crippen molar-refractivity contribution in [3.63, 3.8) is 0 Å². The molecule has 2 aromatic rings. The molecule has 0 atom stereocenters. The Morgan fingerprint density at radius 2 is 2.08 bits per heavy atom. The van der Waals surface area contributed by atoms with Gasteiger partial charge >= 0.3 is 0 Å². The first kappa shape index (κ1) is 8.78. The van der Waals surface area contributed by atoms with Crippen LogP contribution in [0, 0.1) is 0 Å². The van der Waals surface area contributed by atoms with Crippen molar-refractivity contribution >= 4 is 29.3 Å². The van der Waals surface area contributed by atoms with Crippen LogP contribution in [0.3, 0.4) is 0 Å². The lowest BCUT2D eigenvalue weighted by atomic mass is 10.7. The Kier molecular flexibility index (Phi) is 2.13.